The number of anilines is 1. The van der Waals surface area contributed by atoms with E-state index in [0.29, 0.717) is 16.4 Å². The van der Waals surface area contributed by atoms with E-state index < -0.39 is 49.7 Å². The van der Waals surface area contributed by atoms with Gasteiger partial charge in [0, 0.05) is 18.2 Å². The molecule has 0 spiro atoms. The smallest absolute Gasteiger partial charge is 0.324 e. The molecule has 2 aromatic carbocycles. The second-order valence-corrected chi connectivity index (χ2v) is 6.62. The van der Waals surface area contributed by atoms with Crippen LogP contribution in [0.4, 0.5) is 20.2 Å². The Morgan fingerprint density at radius 3 is 2.20 bits per heavy atom. The van der Waals surface area contributed by atoms with Crippen LogP contribution < -0.4 is 4.31 Å². The highest BCUT2D eigenvalue weighted by molar-refractivity contribution is 7.92. The Morgan fingerprint density at radius 2 is 1.72 bits per heavy atom. The Hall–Kier alpha value is -3.08. The Morgan fingerprint density at radius 1 is 1.12 bits per heavy atom. The molecule has 0 heterocycles. The van der Waals surface area contributed by atoms with Crippen molar-refractivity contribution in [1.29, 1.82) is 0 Å². The van der Waals surface area contributed by atoms with Gasteiger partial charge in [-0.25, -0.2) is 17.2 Å². The molecule has 0 saturated heterocycles. The maximum atomic E-state index is 13.4. The van der Waals surface area contributed by atoms with Gasteiger partial charge >= 0.3 is 5.97 Å². The van der Waals surface area contributed by atoms with E-state index in [-0.39, 0.29) is 5.69 Å². The number of hydrogen-bond acceptors (Lipinski definition) is 5. The van der Waals surface area contributed by atoms with Crippen LogP contribution in [0.25, 0.3) is 0 Å². The number of nitrogens with zero attached hydrogens (tertiary/aromatic N) is 2. The number of halogens is 2. The van der Waals surface area contributed by atoms with Gasteiger partial charge in [-0.05, 0) is 24.3 Å². The predicted molar refractivity (Wildman–Crippen MR) is 81.6 cm³/mol. The van der Waals surface area contributed by atoms with Crippen molar-refractivity contribution in [3.63, 3.8) is 0 Å². The van der Waals surface area contributed by atoms with Gasteiger partial charge in [-0.2, -0.15) is 0 Å². The first-order valence-corrected chi connectivity index (χ1v) is 8.01. The molecular formula is C14H10F2N2O6S. The molecule has 0 aliphatic carbocycles. The van der Waals surface area contributed by atoms with Crippen LogP contribution in [0.1, 0.15) is 0 Å². The van der Waals surface area contributed by atoms with Crippen molar-refractivity contribution in [3.8, 4) is 0 Å². The molecule has 0 saturated carbocycles. The number of rotatable bonds is 6. The van der Waals surface area contributed by atoms with E-state index in [1.165, 1.54) is 0 Å². The third-order valence-corrected chi connectivity index (χ3v) is 4.89. The molecule has 0 atom stereocenters. The van der Waals surface area contributed by atoms with Crippen molar-refractivity contribution in [2.75, 3.05) is 10.8 Å². The lowest BCUT2D eigenvalue weighted by Gasteiger charge is -2.22. The summed E-state index contributed by atoms with van der Waals surface area (Å²) in [6.07, 6.45) is 0. The summed E-state index contributed by atoms with van der Waals surface area (Å²) in [5.74, 6) is -4.12. The zero-order valence-electron chi connectivity index (χ0n) is 12.3. The standard InChI is InChI=1S/C14H10F2N2O6S/c15-12-6-3-10(7-13(12)16)17(8-14(19)20)25(23,24)11-4-1-9(2-5-11)18(21)22/h1-7H,8H2,(H,19,20). The molecule has 0 fully saturated rings. The van der Waals surface area contributed by atoms with Crippen molar-refractivity contribution in [2.24, 2.45) is 0 Å². The van der Waals surface area contributed by atoms with Gasteiger partial charge in [0.15, 0.2) is 11.6 Å². The van der Waals surface area contributed by atoms with Gasteiger partial charge < -0.3 is 5.11 Å². The third kappa shape index (κ3) is 3.88. The number of benzene rings is 2. The van der Waals surface area contributed by atoms with Crippen LogP contribution >= 0.6 is 0 Å². The molecule has 11 heteroatoms. The summed E-state index contributed by atoms with van der Waals surface area (Å²) < 4.78 is 52.0. The second-order valence-electron chi connectivity index (χ2n) is 4.75. The van der Waals surface area contributed by atoms with Gasteiger partial charge in [-0.15, -0.1) is 0 Å². The van der Waals surface area contributed by atoms with Gasteiger partial charge in [0.25, 0.3) is 15.7 Å². The lowest BCUT2D eigenvalue weighted by atomic mass is 10.3. The molecule has 0 aliphatic rings. The molecule has 25 heavy (non-hydrogen) atoms. The molecule has 2 rings (SSSR count). The van der Waals surface area contributed by atoms with Crippen molar-refractivity contribution in [1.82, 2.24) is 0 Å². The molecule has 0 bridgehead atoms. The summed E-state index contributed by atoms with van der Waals surface area (Å²) in [6, 6.07) is 5.80. The quantitative estimate of drug-likeness (QED) is 0.613. The lowest BCUT2D eigenvalue weighted by molar-refractivity contribution is -0.384. The van der Waals surface area contributed by atoms with E-state index in [4.69, 9.17) is 5.11 Å². The largest absolute Gasteiger partial charge is 0.480 e. The average molecular weight is 372 g/mol. The number of non-ortho nitro benzene ring substituents is 1. The molecule has 0 radical (unpaired) electrons. The van der Waals surface area contributed by atoms with Crippen molar-refractivity contribution >= 4 is 27.4 Å². The zero-order chi connectivity index (χ0) is 18.8. The van der Waals surface area contributed by atoms with Gasteiger partial charge in [-0.1, -0.05) is 0 Å². The van der Waals surface area contributed by atoms with Crippen LogP contribution in [0.15, 0.2) is 47.4 Å². The number of hydrogen-bond donors (Lipinski definition) is 1. The number of carboxylic acid groups (broad SMARTS) is 1. The van der Waals surface area contributed by atoms with E-state index in [1.807, 2.05) is 0 Å². The first-order valence-electron chi connectivity index (χ1n) is 6.57. The molecular weight excluding hydrogens is 362 g/mol. The first-order chi connectivity index (χ1) is 11.6. The van der Waals surface area contributed by atoms with Crippen molar-refractivity contribution in [2.45, 2.75) is 4.90 Å². The molecule has 0 unspecified atom stereocenters. The summed E-state index contributed by atoms with van der Waals surface area (Å²) in [7, 11) is -4.48. The SMILES string of the molecule is O=C(O)CN(c1ccc(F)c(F)c1)S(=O)(=O)c1ccc([N+](=O)[O-])cc1. The maximum absolute atomic E-state index is 13.4. The Bertz CT molecular complexity index is 931. The van der Waals surface area contributed by atoms with Crippen LogP contribution in [0, 0.1) is 21.7 Å². The molecule has 8 nitrogen and oxygen atoms in total. The predicted octanol–water partition coefficient (Wildman–Crippen LogP) is 2.15. The van der Waals surface area contributed by atoms with Crippen LogP contribution in [-0.4, -0.2) is 31.0 Å². The highest BCUT2D eigenvalue weighted by Crippen LogP contribution is 2.26. The highest BCUT2D eigenvalue weighted by Gasteiger charge is 2.28. The number of nitro groups is 1. The monoisotopic (exact) mass is 372 g/mol. The van der Waals surface area contributed by atoms with Crippen LogP contribution in [0.2, 0.25) is 0 Å². The third-order valence-electron chi connectivity index (χ3n) is 3.11. The highest BCUT2D eigenvalue weighted by atomic mass is 32.2. The van der Waals surface area contributed by atoms with E-state index in [1.54, 1.807) is 0 Å². The summed E-state index contributed by atoms with van der Waals surface area (Å²) in [5, 5.41) is 19.6. The van der Waals surface area contributed by atoms with Crippen LogP contribution in [-0.2, 0) is 14.8 Å². The lowest BCUT2D eigenvalue weighted by Crippen LogP contribution is -2.35. The fourth-order valence-electron chi connectivity index (χ4n) is 1.95. The van der Waals surface area contributed by atoms with Gasteiger partial charge in [0.2, 0.25) is 0 Å². The summed E-state index contributed by atoms with van der Waals surface area (Å²) >= 11 is 0. The minimum Gasteiger partial charge on any atom is -0.480 e. The first kappa shape index (κ1) is 18.3. The second kappa shape index (κ2) is 6.81. The number of nitro benzene ring substituents is 1. The fourth-order valence-corrected chi connectivity index (χ4v) is 3.35. The molecule has 0 aliphatic heterocycles. The molecule has 132 valence electrons. The van der Waals surface area contributed by atoms with Gasteiger partial charge in [0.1, 0.15) is 6.54 Å². The normalized spacial score (nSPS) is 11.1. The molecule has 2 aromatic rings. The Balaban J connectivity index is 2.53. The van der Waals surface area contributed by atoms with E-state index >= 15 is 0 Å². The minimum atomic E-state index is -4.48. The Kier molecular flexibility index (Phi) is 4.97. The van der Waals surface area contributed by atoms with E-state index in [0.717, 1.165) is 30.3 Å². The topological polar surface area (TPSA) is 118 Å². The summed E-state index contributed by atoms with van der Waals surface area (Å²) in [6.45, 7) is -1.05. The van der Waals surface area contributed by atoms with Gasteiger partial charge in [-0.3, -0.25) is 19.2 Å². The molecule has 0 amide bonds. The average Bonchev–Trinajstić information content (AvgIpc) is 2.55. The van der Waals surface area contributed by atoms with Crippen molar-refractivity contribution in [3.05, 3.63) is 64.2 Å². The van der Waals surface area contributed by atoms with E-state index in [2.05, 4.69) is 0 Å². The van der Waals surface area contributed by atoms with Crippen molar-refractivity contribution < 1.29 is 32.0 Å². The summed E-state index contributed by atoms with van der Waals surface area (Å²) in [4.78, 5) is 20.4. The number of aliphatic carboxylic acids is 1. The number of sulfonamides is 1. The number of carboxylic acids is 1. The van der Waals surface area contributed by atoms with E-state index in [9.17, 15) is 32.1 Å². The molecule has 0 aromatic heterocycles. The zero-order valence-corrected chi connectivity index (χ0v) is 13.1. The minimum absolute atomic E-state index is 0.360. The summed E-state index contributed by atoms with van der Waals surface area (Å²) in [5.41, 5.74) is -0.767. The number of carbonyl (C=O) groups is 1. The molecule has 1 N–H and O–H groups in total. The van der Waals surface area contributed by atoms with Crippen LogP contribution in [0.3, 0.4) is 0 Å². The fraction of sp³-hybridized carbons (Fsp3) is 0.0714. The maximum Gasteiger partial charge on any atom is 0.324 e. The van der Waals surface area contributed by atoms with Crippen LogP contribution in [0.5, 0.6) is 0 Å². The Labute approximate surface area is 140 Å². The van der Waals surface area contributed by atoms with Gasteiger partial charge in [0.05, 0.1) is 15.5 Å².